The minimum absolute atomic E-state index is 0.106. The van der Waals surface area contributed by atoms with Crippen molar-refractivity contribution in [1.82, 2.24) is 10.2 Å². The molecule has 1 aliphatic heterocycles. The molecule has 1 unspecified atom stereocenters. The highest BCUT2D eigenvalue weighted by atomic mass is 16.2. The number of nitrogens with one attached hydrogen (secondary N) is 1. The topological polar surface area (TPSA) is 32.3 Å². The van der Waals surface area contributed by atoms with Crippen molar-refractivity contribution in [1.29, 1.82) is 0 Å². The summed E-state index contributed by atoms with van der Waals surface area (Å²) in [5, 5.41) is 2.94. The van der Waals surface area contributed by atoms with E-state index in [2.05, 4.69) is 12.2 Å². The predicted molar refractivity (Wildman–Crippen MR) is 58.3 cm³/mol. The molecule has 0 aromatic carbocycles. The van der Waals surface area contributed by atoms with Gasteiger partial charge >= 0.3 is 6.03 Å². The lowest BCUT2D eigenvalue weighted by Crippen LogP contribution is -2.43. The maximum absolute atomic E-state index is 11.7. The number of urea groups is 1. The molecule has 82 valence electrons. The zero-order valence-electron chi connectivity index (χ0n) is 9.55. The lowest BCUT2D eigenvalue weighted by atomic mass is 10.0. The van der Waals surface area contributed by atoms with Gasteiger partial charge in [0.25, 0.3) is 0 Å². The molecular formula is C11H22N2O. The fraction of sp³-hybridized carbons (Fsp3) is 0.909. The second-order valence-electron chi connectivity index (χ2n) is 4.63. The summed E-state index contributed by atoms with van der Waals surface area (Å²) >= 11 is 0. The van der Waals surface area contributed by atoms with Crippen LogP contribution in [0.1, 0.15) is 40.0 Å². The van der Waals surface area contributed by atoms with Crippen LogP contribution in [0.2, 0.25) is 0 Å². The predicted octanol–water partition coefficient (Wildman–Crippen LogP) is 2.23. The highest BCUT2D eigenvalue weighted by Gasteiger charge is 2.18. The maximum atomic E-state index is 11.7. The Labute approximate surface area is 86.9 Å². The lowest BCUT2D eigenvalue weighted by Gasteiger charge is -2.22. The summed E-state index contributed by atoms with van der Waals surface area (Å²) in [6.45, 7) is 8.10. The molecule has 14 heavy (non-hydrogen) atoms. The van der Waals surface area contributed by atoms with Crippen molar-refractivity contribution < 1.29 is 4.79 Å². The second kappa shape index (κ2) is 5.23. The number of amides is 2. The molecule has 0 aromatic rings. The number of carbonyl (C=O) groups is 1. The molecule has 0 bridgehead atoms. The molecule has 2 amide bonds. The average molecular weight is 198 g/mol. The molecule has 0 aromatic heterocycles. The number of hydrogen-bond acceptors (Lipinski definition) is 1. The van der Waals surface area contributed by atoms with Gasteiger partial charge in [-0.15, -0.1) is 0 Å². The Morgan fingerprint density at radius 3 is 2.71 bits per heavy atom. The SMILES string of the molecule is CC1CCCN(C(=O)NC(C)C)CC1. The third-order valence-electron chi connectivity index (χ3n) is 2.72. The largest absolute Gasteiger partial charge is 0.336 e. The number of carbonyl (C=O) groups excluding carboxylic acids is 1. The lowest BCUT2D eigenvalue weighted by molar-refractivity contribution is 0.196. The van der Waals surface area contributed by atoms with Crippen LogP contribution < -0.4 is 5.32 Å². The Bertz CT molecular complexity index is 192. The van der Waals surface area contributed by atoms with E-state index in [1.807, 2.05) is 18.7 Å². The molecule has 0 spiro atoms. The van der Waals surface area contributed by atoms with Crippen molar-refractivity contribution >= 4 is 6.03 Å². The third kappa shape index (κ3) is 3.56. The van der Waals surface area contributed by atoms with Gasteiger partial charge in [-0.1, -0.05) is 6.92 Å². The Balaban J connectivity index is 2.39. The third-order valence-corrected chi connectivity index (χ3v) is 2.72. The van der Waals surface area contributed by atoms with E-state index in [1.54, 1.807) is 0 Å². The number of rotatable bonds is 1. The quantitative estimate of drug-likeness (QED) is 0.688. The highest BCUT2D eigenvalue weighted by molar-refractivity contribution is 5.74. The van der Waals surface area contributed by atoms with Gasteiger partial charge in [0, 0.05) is 19.1 Å². The van der Waals surface area contributed by atoms with Gasteiger partial charge in [-0.05, 0) is 39.0 Å². The van der Waals surface area contributed by atoms with E-state index in [-0.39, 0.29) is 12.1 Å². The first kappa shape index (κ1) is 11.3. The monoisotopic (exact) mass is 198 g/mol. The number of hydrogen-bond donors (Lipinski definition) is 1. The van der Waals surface area contributed by atoms with Crippen LogP contribution in [0.5, 0.6) is 0 Å². The van der Waals surface area contributed by atoms with Crippen LogP contribution in [0.15, 0.2) is 0 Å². The van der Waals surface area contributed by atoms with Crippen molar-refractivity contribution in [2.45, 2.75) is 46.1 Å². The summed E-state index contributed by atoms with van der Waals surface area (Å²) in [5.41, 5.74) is 0. The van der Waals surface area contributed by atoms with Gasteiger partial charge in [-0.2, -0.15) is 0 Å². The summed E-state index contributed by atoms with van der Waals surface area (Å²) in [5.74, 6) is 0.770. The molecule has 1 fully saturated rings. The van der Waals surface area contributed by atoms with Crippen molar-refractivity contribution in [2.75, 3.05) is 13.1 Å². The molecule has 1 N–H and O–H groups in total. The molecular weight excluding hydrogens is 176 g/mol. The second-order valence-corrected chi connectivity index (χ2v) is 4.63. The zero-order chi connectivity index (χ0) is 10.6. The van der Waals surface area contributed by atoms with Crippen LogP contribution in [-0.2, 0) is 0 Å². The van der Waals surface area contributed by atoms with E-state index in [9.17, 15) is 4.79 Å². The summed E-state index contributed by atoms with van der Waals surface area (Å²) < 4.78 is 0. The molecule has 0 aliphatic carbocycles. The van der Waals surface area contributed by atoms with Crippen LogP contribution >= 0.6 is 0 Å². The average Bonchev–Trinajstić information content (AvgIpc) is 2.28. The van der Waals surface area contributed by atoms with Gasteiger partial charge in [0.1, 0.15) is 0 Å². The smallest absolute Gasteiger partial charge is 0.317 e. The van der Waals surface area contributed by atoms with Gasteiger partial charge in [0.05, 0.1) is 0 Å². The molecule has 3 heteroatoms. The number of nitrogens with zero attached hydrogens (tertiary/aromatic N) is 1. The van der Waals surface area contributed by atoms with E-state index in [1.165, 1.54) is 6.42 Å². The molecule has 1 aliphatic rings. The van der Waals surface area contributed by atoms with Crippen LogP contribution in [0, 0.1) is 5.92 Å². The number of likely N-dealkylation sites (tertiary alicyclic amines) is 1. The Morgan fingerprint density at radius 1 is 1.36 bits per heavy atom. The summed E-state index contributed by atoms with van der Waals surface area (Å²) in [6.07, 6.45) is 3.55. The Kier molecular flexibility index (Phi) is 4.23. The van der Waals surface area contributed by atoms with Gasteiger partial charge in [0.15, 0.2) is 0 Å². The maximum Gasteiger partial charge on any atom is 0.317 e. The highest BCUT2D eigenvalue weighted by Crippen LogP contribution is 2.16. The van der Waals surface area contributed by atoms with Crippen LogP contribution in [0.4, 0.5) is 4.79 Å². The van der Waals surface area contributed by atoms with Crippen LogP contribution in [0.3, 0.4) is 0 Å². The first-order valence-corrected chi connectivity index (χ1v) is 5.65. The minimum Gasteiger partial charge on any atom is -0.336 e. The van der Waals surface area contributed by atoms with Crippen molar-refractivity contribution in [3.8, 4) is 0 Å². The van der Waals surface area contributed by atoms with Gasteiger partial charge in [0.2, 0.25) is 0 Å². The van der Waals surface area contributed by atoms with E-state index in [0.717, 1.165) is 31.8 Å². The fourth-order valence-electron chi connectivity index (χ4n) is 1.80. The molecule has 1 heterocycles. The van der Waals surface area contributed by atoms with Crippen LogP contribution in [-0.4, -0.2) is 30.1 Å². The zero-order valence-corrected chi connectivity index (χ0v) is 9.55. The molecule has 0 saturated carbocycles. The van der Waals surface area contributed by atoms with E-state index in [0.29, 0.717) is 0 Å². The van der Waals surface area contributed by atoms with E-state index in [4.69, 9.17) is 0 Å². The Morgan fingerprint density at radius 2 is 2.07 bits per heavy atom. The minimum atomic E-state index is 0.106. The molecule has 3 nitrogen and oxygen atoms in total. The normalized spacial score (nSPS) is 23.4. The summed E-state index contributed by atoms with van der Waals surface area (Å²) in [4.78, 5) is 13.6. The summed E-state index contributed by atoms with van der Waals surface area (Å²) in [7, 11) is 0. The van der Waals surface area contributed by atoms with Gasteiger partial charge in [-0.3, -0.25) is 0 Å². The molecule has 0 radical (unpaired) electrons. The summed E-state index contributed by atoms with van der Waals surface area (Å²) in [6, 6.07) is 0.345. The van der Waals surface area contributed by atoms with Gasteiger partial charge < -0.3 is 10.2 Å². The first-order valence-electron chi connectivity index (χ1n) is 5.65. The van der Waals surface area contributed by atoms with Crippen LogP contribution in [0.25, 0.3) is 0 Å². The first-order chi connectivity index (χ1) is 6.59. The molecule has 1 saturated heterocycles. The van der Waals surface area contributed by atoms with Crippen molar-refractivity contribution in [2.24, 2.45) is 5.92 Å². The Hall–Kier alpha value is -0.730. The van der Waals surface area contributed by atoms with Crippen molar-refractivity contribution in [3.05, 3.63) is 0 Å². The van der Waals surface area contributed by atoms with Gasteiger partial charge in [-0.25, -0.2) is 4.79 Å². The molecule has 1 rings (SSSR count). The standard InChI is InChI=1S/C11H22N2O/c1-9(2)12-11(14)13-7-4-5-10(3)6-8-13/h9-10H,4-8H2,1-3H3,(H,12,14). The van der Waals surface area contributed by atoms with E-state index >= 15 is 0 Å². The molecule has 1 atom stereocenters. The van der Waals surface area contributed by atoms with Crippen molar-refractivity contribution in [3.63, 3.8) is 0 Å². The van der Waals surface area contributed by atoms with E-state index < -0.39 is 0 Å². The fourth-order valence-corrected chi connectivity index (χ4v) is 1.80.